The molecule has 2 aromatic heterocycles. The van der Waals surface area contributed by atoms with Gasteiger partial charge in [-0.05, 0) is 38.8 Å². The monoisotopic (exact) mass is 372 g/mol. The standard InChI is InChI=1S/C20H28N4O3/c1-4-18-19(15(3)27-22-18)20(26)24-10-9-23(17(13-24)8-11-25)12-16-7-5-6-14(2)21-16/h5-7,17,25H,4,8-13H2,1-3H3/t17-/m1/s1. The van der Waals surface area contributed by atoms with E-state index in [1.807, 2.05) is 36.9 Å². The zero-order chi connectivity index (χ0) is 19.4. The van der Waals surface area contributed by atoms with Crippen molar-refractivity contribution in [2.75, 3.05) is 26.2 Å². The van der Waals surface area contributed by atoms with E-state index < -0.39 is 0 Å². The summed E-state index contributed by atoms with van der Waals surface area (Å²) in [6.45, 7) is 8.52. The number of amides is 1. The van der Waals surface area contributed by atoms with Gasteiger partial charge in [0.05, 0.1) is 11.4 Å². The van der Waals surface area contributed by atoms with Gasteiger partial charge in [0.2, 0.25) is 0 Å². The quantitative estimate of drug-likeness (QED) is 0.835. The van der Waals surface area contributed by atoms with Gasteiger partial charge in [-0.15, -0.1) is 0 Å². The van der Waals surface area contributed by atoms with Gasteiger partial charge in [0.15, 0.2) is 0 Å². The number of pyridine rings is 1. The van der Waals surface area contributed by atoms with E-state index in [4.69, 9.17) is 4.52 Å². The van der Waals surface area contributed by atoms with Crippen LogP contribution in [0.2, 0.25) is 0 Å². The Hall–Kier alpha value is -2.25. The average molecular weight is 372 g/mol. The minimum atomic E-state index is -0.0260. The van der Waals surface area contributed by atoms with Crippen molar-refractivity contribution in [2.24, 2.45) is 0 Å². The molecule has 2 aromatic rings. The van der Waals surface area contributed by atoms with Gasteiger partial charge in [0.25, 0.3) is 5.91 Å². The van der Waals surface area contributed by atoms with Crippen molar-refractivity contribution in [3.05, 3.63) is 46.6 Å². The molecule has 0 bridgehead atoms. The van der Waals surface area contributed by atoms with Crippen LogP contribution in [-0.4, -0.2) is 63.2 Å². The molecule has 1 amide bonds. The van der Waals surface area contributed by atoms with Gasteiger partial charge in [0, 0.05) is 44.5 Å². The molecule has 0 saturated carbocycles. The summed E-state index contributed by atoms with van der Waals surface area (Å²) in [5.41, 5.74) is 3.31. The molecule has 1 atom stereocenters. The highest BCUT2D eigenvalue weighted by Crippen LogP contribution is 2.21. The van der Waals surface area contributed by atoms with Gasteiger partial charge in [-0.3, -0.25) is 14.7 Å². The lowest BCUT2D eigenvalue weighted by atomic mass is 10.1. The first-order chi connectivity index (χ1) is 13.0. The number of hydrogen-bond donors (Lipinski definition) is 1. The molecule has 1 fully saturated rings. The molecule has 146 valence electrons. The van der Waals surface area contributed by atoms with Crippen molar-refractivity contribution in [2.45, 2.75) is 46.2 Å². The summed E-state index contributed by atoms with van der Waals surface area (Å²) < 4.78 is 5.23. The zero-order valence-electron chi connectivity index (χ0n) is 16.3. The molecule has 1 saturated heterocycles. The lowest BCUT2D eigenvalue weighted by molar-refractivity contribution is 0.0389. The Balaban J connectivity index is 1.73. The number of carbonyl (C=O) groups excluding carboxylic acids is 1. The third-order valence-corrected chi connectivity index (χ3v) is 5.15. The number of aliphatic hydroxyl groups is 1. The second kappa shape index (κ2) is 8.63. The Morgan fingerprint density at radius 3 is 2.85 bits per heavy atom. The maximum Gasteiger partial charge on any atom is 0.259 e. The van der Waals surface area contributed by atoms with Gasteiger partial charge in [-0.25, -0.2) is 0 Å². The Bertz CT molecular complexity index is 789. The highest BCUT2D eigenvalue weighted by atomic mass is 16.5. The molecule has 1 N–H and O–H groups in total. The average Bonchev–Trinajstić information content (AvgIpc) is 3.03. The number of aryl methyl sites for hydroxylation is 3. The van der Waals surface area contributed by atoms with Crippen LogP contribution in [0.25, 0.3) is 0 Å². The maximum absolute atomic E-state index is 13.1. The topological polar surface area (TPSA) is 82.7 Å². The molecular formula is C20H28N4O3. The first-order valence-corrected chi connectivity index (χ1v) is 9.55. The van der Waals surface area contributed by atoms with Crippen molar-refractivity contribution < 1.29 is 14.4 Å². The number of piperazine rings is 1. The van der Waals surface area contributed by atoms with Crippen LogP contribution in [0.5, 0.6) is 0 Å². The van der Waals surface area contributed by atoms with Gasteiger partial charge >= 0.3 is 0 Å². The SMILES string of the molecule is CCc1noc(C)c1C(=O)N1CCN(Cc2cccc(C)n2)[C@H](CCO)C1. The highest BCUT2D eigenvalue weighted by molar-refractivity contribution is 5.96. The summed E-state index contributed by atoms with van der Waals surface area (Å²) in [5, 5.41) is 13.5. The fourth-order valence-corrected chi connectivity index (χ4v) is 3.70. The number of aliphatic hydroxyl groups excluding tert-OH is 1. The zero-order valence-corrected chi connectivity index (χ0v) is 16.3. The first kappa shape index (κ1) is 19.5. The number of hydrogen-bond acceptors (Lipinski definition) is 6. The van der Waals surface area contributed by atoms with Crippen LogP contribution in [-0.2, 0) is 13.0 Å². The molecule has 0 aliphatic carbocycles. The van der Waals surface area contributed by atoms with E-state index in [1.54, 1.807) is 6.92 Å². The lowest BCUT2D eigenvalue weighted by Gasteiger charge is -2.41. The molecule has 0 spiro atoms. The van der Waals surface area contributed by atoms with Crippen molar-refractivity contribution in [3.63, 3.8) is 0 Å². The van der Waals surface area contributed by atoms with E-state index in [0.717, 1.165) is 24.5 Å². The second-order valence-electron chi connectivity index (χ2n) is 7.07. The molecule has 7 heteroatoms. The third kappa shape index (κ3) is 4.36. The van der Waals surface area contributed by atoms with E-state index in [-0.39, 0.29) is 18.6 Å². The summed E-state index contributed by atoms with van der Waals surface area (Å²) >= 11 is 0. The Morgan fingerprint density at radius 2 is 2.15 bits per heavy atom. The van der Waals surface area contributed by atoms with Crippen LogP contribution in [0.3, 0.4) is 0 Å². The lowest BCUT2D eigenvalue weighted by Crippen LogP contribution is -2.54. The van der Waals surface area contributed by atoms with Crippen LogP contribution in [0.15, 0.2) is 22.7 Å². The number of nitrogens with zero attached hydrogens (tertiary/aromatic N) is 4. The molecule has 3 rings (SSSR count). The molecule has 7 nitrogen and oxygen atoms in total. The van der Waals surface area contributed by atoms with Gasteiger partial charge < -0.3 is 14.5 Å². The van der Waals surface area contributed by atoms with E-state index in [2.05, 4.69) is 15.0 Å². The smallest absolute Gasteiger partial charge is 0.259 e. The molecule has 0 radical (unpaired) electrons. The molecule has 1 aliphatic rings. The van der Waals surface area contributed by atoms with E-state index in [9.17, 15) is 9.90 Å². The summed E-state index contributed by atoms with van der Waals surface area (Å²) in [4.78, 5) is 21.8. The number of rotatable bonds is 6. The normalized spacial score (nSPS) is 18.1. The highest BCUT2D eigenvalue weighted by Gasteiger charge is 2.32. The molecular weight excluding hydrogens is 344 g/mol. The largest absolute Gasteiger partial charge is 0.396 e. The fourth-order valence-electron chi connectivity index (χ4n) is 3.70. The summed E-state index contributed by atoms with van der Waals surface area (Å²) in [5.74, 6) is 0.545. The number of carbonyl (C=O) groups is 1. The van der Waals surface area contributed by atoms with E-state index in [1.165, 1.54) is 0 Å². The first-order valence-electron chi connectivity index (χ1n) is 9.55. The van der Waals surface area contributed by atoms with Crippen LogP contribution in [0.1, 0.15) is 46.5 Å². The van der Waals surface area contributed by atoms with E-state index in [0.29, 0.717) is 42.9 Å². The Morgan fingerprint density at radius 1 is 1.33 bits per heavy atom. The summed E-state index contributed by atoms with van der Waals surface area (Å²) in [7, 11) is 0. The minimum absolute atomic E-state index is 0.0260. The summed E-state index contributed by atoms with van der Waals surface area (Å²) in [6.07, 6.45) is 1.29. The van der Waals surface area contributed by atoms with Crippen molar-refractivity contribution in [1.29, 1.82) is 0 Å². The Kier molecular flexibility index (Phi) is 6.23. The summed E-state index contributed by atoms with van der Waals surface area (Å²) in [6, 6.07) is 6.12. The molecule has 1 aliphatic heterocycles. The second-order valence-corrected chi connectivity index (χ2v) is 7.07. The van der Waals surface area contributed by atoms with Gasteiger partial charge in [-0.2, -0.15) is 0 Å². The predicted octanol–water partition coefficient (Wildman–Crippen LogP) is 1.96. The maximum atomic E-state index is 13.1. The van der Waals surface area contributed by atoms with Gasteiger partial charge in [0.1, 0.15) is 11.3 Å². The van der Waals surface area contributed by atoms with Crippen LogP contribution in [0.4, 0.5) is 0 Å². The molecule has 0 unspecified atom stereocenters. The van der Waals surface area contributed by atoms with Crippen molar-refractivity contribution in [1.82, 2.24) is 19.9 Å². The van der Waals surface area contributed by atoms with Crippen LogP contribution in [0, 0.1) is 13.8 Å². The fraction of sp³-hybridized carbons (Fsp3) is 0.550. The third-order valence-electron chi connectivity index (χ3n) is 5.15. The molecule has 27 heavy (non-hydrogen) atoms. The van der Waals surface area contributed by atoms with Crippen molar-refractivity contribution >= 4 is 5.91 Å². The van der Waals surface area contributed by atoms with Crippen molar-refractivity contribution in [3.8, 4) is 0 Å². The number of aromatic nitrogens is 2. The molecule has 3 heterocycles. The van der Waals surface area contributed by atoms with Crippen LogP contribution >= 0.6 is 0 Å². The van der Waals surface area contributed by atoms with Crippen LogP contribution < -0.4 is 0 Å². The van der Waals surface area contributed by atoms with Gasteiger partial charge in [-0.1, -0.05) is 18.1 Å². The minimum Gasteiger partial charge on any atom is -0.396 e. The molecule has 0 aromatic carbocycles. The Labute approximate surface area is 160 Å². The predicted molar refractivity (Wildman–Crippen MR) is 101 cm³/mol. The van der Waals surface area contributed by atoms with E-state index >= 15 is 0 Å².